The fraction of sp³-hybridized carbons (Fsp3) is 0.176. The third-order valence-electron chi connectivity index (χ3n) is 4.00. The maximum absolute atomic E-state index is 13.5. The Hall–Kier alpha value is -2.97. The first-order valence-electron chi connectivity index (χ1n) is 7.46. The Bertz CT molecular complexity index is 897. The standard InChI is InChI=1S/C17H11F5N2O2/c18-10-2-1-8(5-12(10)20)17(26)24-6-9(7-24)16(25)23-13-4-3-11(19)14(21)15(13)22/h1-5,9H,6-7H2,(H,23,25). The van der Waals surface area contributed by atoms with Gasteiger partial charge in [0.2, 0.25) is 5.91 Å². The summed E-state index contributed by atoms with van der Waals surface area (Å²) in [7, 11) is 0. The second kappa shape index (κ2) is 6.74. The minimum Gasteiger partial charge on any atom is -0.337 e. The number of likely N-dealkylation sites (tertiary alicyclic amines) is 1. The van der Waals surface area contributed by atoms with Gasteiger partial charge in [-0.15, -0.1) is 0 Å². The molecule has 9 heteroatoms. The number of hydrogen-bond donors (Lipinski definition) is 1. The van der Waals surface area contributed by atoms with Gasteiger partial charge in [-0.3, -0.25) is 9.59 Å². The van der Waals surface area contributed by atoms with Crippen molar-refractivity contribution in [1.82, 2.24) is 4.90 Å². The molecule has 0 bridgehead atoms. The third-order valence-corrected chi connectivity index (χ3v) is 4.00. The molecule has 4 nitrogen and oxygen atoms in total. The molecule has 1 saturated heterocycles. The van der Waals surface area contributed by atoms with E-state index in [1.807, 2.05) is 0 Å². The molecule has 0 aromatic heterocycles. The maximum Gasteiger partial charge on any atom is 0.254 e. The molecule has 0 spiro atoms. The van der Waals surface area contributed by atoms with Crippen LogP contribution in [0.3, 0.4) is 0 Å². The number of carbonyl (C=O) groups is 2. The molecule has 2 aromatic rings. The molecular formula is C17H11F5N2O2. The number of hydrogen-bond acceptors (Lipinski definition) is 2. The summed E-state index contributed by atoms with van der Waals surface area (Å²) >= 11 is 0. The molecule has 136 valence electrons. The molecule has 0 atom stereocenters. The molecule has 1 aliphatic rings. The molecule has 0 saturated carbocycles. The van der Waals surface area contributed by atoms with Crippen LogP contribution in [-0.2, 0) is 4.79 Å². The lowest BCUT2D eigenvalue weighted by atomic mass is 9.97. The zero-order valence-corrected chi connectivity index (χ0v) is 13.0. The van der Waals surface area contributed by atoms with Crippen LogP contribution in [0.15, 0.2) is 30.3 Å². The monoisotopic (exact) mass is 370 g/mol. The van der Waals surface area contributed by atoms with E-state index < -0.39 is 52.5 Å². The Balaban J connectivity index is 1.61. The van der Waals surface area contributed by atoms with Crippen LogP contribution >= 0.6 is 0 Å². The van der Waals surface area contributed by atoms with Crippen LogP contribution in [0.5, 0.6) is 0 Å². The summed E-state index contributed by atoms with van der Waals surface area (Å²) in [6, 6.07) is 4.24. The number of nitrogens with zero attached hydrogens (tertiary/aromatic N) is 1. The zero-order chi connectivity index (χ0) is 19.0. The Morgan fingerprint density at radius 3 is 2.19 bits per heavy atom. The van der Waals surface area contributed by atoms with Crippen molar-refractivity contribution >= 4 is 17.5 Å². The summed E-state index contributed by atoms with van der Waals surface area (Å²) in [6.45, 7) is -0.0656. The number of amides is 2. The molecule has 0 radical (unpaired) electrons. The zero-order valence-electron chi connectivity index (χ0n) is 13.0. The molecule has 1 heterocycles. The van der Waals surface area contributed by atoms with Gasteiger partial charge < -0.3 is 10.2 Å². The first kappa shape index (κ1) is 17.8. The fourth-order valence-electron chi connectivity index (χ4n) is 2.48. The third kappa shape index (κ3) is 3.24. The molecule has 0 aliphatic carbocycles. The van der Waals surface area contributed by atoms with E-state index in [-0.39, 0.29) is 18.7 Å². The number of benzene rings is 2. The Kier molecular flexibility index (Phi) is 4.62. The van der Waals surface area contributed by atoms with E-state index in [0.29, 0.717) is 6.07 Å². The number of halogens is 5. The number of rotatable bonds is 3. The van der Waals surface area contributed by atoms with Crippen molar-refractivity contribution in [1.29, 1.82) is 0 Å². The van der Waals surface area contributed by atoms with Crippen molar-refractivity contribution < 1.29 is 31.5 Å². The van der Waals surface area contributed by atoms with E-state index in [9.17, 15) is 31.5 Å². The molecule has 26 heavy (non-hydrogen) atoms. The molecule has 0 unspecified atom stereocenters. The lowest BCUT2D eigenvalue weighted by molar-refractivity contribution is -0.123. The highest BCUT2D eigenvalue weighted by atomic mass is 19.2. The lowest BCUT2D eigenvalue weighted by Crippen LogP contribution is -2.54. The largest absolute Gasteiger partial charge is 0.337 e. The SMILES string of the molecule is O=C(Nc1ccc(F)c(F)c1F)C1CN(C(=O)c2ccc(F)c(F)c2)C1. The van der Waals surface area contributed by atoms with Gasteiger partial charge in [0.15, 0.2) is 29.1 Å². The van der Waals surface area contributed by atoms with Crippen LogP contribution in [0.4, 0.5) is 27.6 Å². The molecule has 2 amide bonds. The molecule has 1 aliphatic heterocycles. The van der Waals surface area contributed by atoms with E-state index in [1.165, 1.54) is 4.90 Å². The summed E-state index contributed by atoms with van der Waals surface area (Å²) in [5.41, 5.74) is -0.589. The Labute approximate surface area is 144 Å². The van der Waals surface area contributed by atoms with Crippen molar-refractivity contribution in [2.75, 3.05) is 18.4 Å². The second-order valence-corrected chi connectivity index (χ2v) is 5.75. The van der Waals surface area contributed by atoms with Gasteiger partial charge in [0.1, 0.15) is 0 Å². The van der Waals surface area contributed by atoms with E-state index in [4.69, 9.17) is 0 Å². The van der Waals surface area contributed by atoms with Gasteiger partial charge >= 0.3 is 0 Å². The summed E-state index contributed by atoms with van der Waals surface area (Å²) < 4.78 is 65.6. The summed E-state index contributed by atoms with van der Waals surface area (Å²) in [5, 5.41) is 2.13. The van der Waals surface area contributed by atoms with Gasteiger partial charge in [0, 0.05) is 18.7 Å². The molecule has 1 fully saturated rings. The summed E-state index contributed by atoms with van der Waals surface area (Å²) in [5.74, 6) is -8.82. The van der Waals surface area contributed by atoms with Gasteiger partial charge in [0.25, 0.3) is 5.91 Å². The maximum atomic E-state index is 13.5. The molecular weight excluding hydrogens is 359 g/mol. The normalized spacial score (nSPS) is 14.1. The van der Waals surface area contributed by atoms with Crippen LogP contribution in [0.25, 0.3) is 0 Å². The van der Waals surface area contributed by atoms with Crippen molar-refractivity contribution in [2.45, 2.75) is 0 Å². The first-order valence-corrected chi connectivity index (χ1v) is 7.46. The molecule has 1 N–H and O–H groups in total. The van der Waals surface area contributed by atoms with Crippen molar-refractivity contribution in [3.05, 3.63) is 65.0 Å². The van der Waals surface area contributed by atoms with Crippen LogP contribution in [0.2, 0.25) is 0 Å². The number of nitrogens with one attached hydrogen (secondary N) is 1. The minimum atomic E-state index is -1.70. The quantitative estimate of drug-likeness (QED) is 0.667. The van der Waals surface area contributed by atoms with Gasteiger partial charge in [-0.05, 0) is 30.3 Å². The van der Waals surface area contributed by atoms with Crippen molar-refractivity contribution in [3.63, 3.8) is 0 Å². The van der Waals surface area contributed by atoms with Gasteiger partial charge in [-0.2, -0.15) is 0 Å². The fourth-order valence-corrected chi connectivity index (χ4v) is 2.48. The second-order valence-electron chi connectivity index (χ2n) is 5.75. The van der Waals surface area contributed by atoms with Crippen molar-refractivity contribution in [2.24, 2.45) is 5.92 Å². The van der Waals surface area contributed by atoms with Crippen LogP contribution in [0, 0.1) is 35.0 Å². The topological polar surface area (TPSA) is 49.4 Å². The summed E-state index contributed by atoms with van der Waals surface area (Å²) in [6.07, 6.45) is 0. The molecule has 2 aromatic carbocycles. The van der Waals surface area contributed by atoms with Crippen LogP contribution in [0.1, 0.15) is 10.4 Å². The van der Waals surface area contributed by atoms with Gasteiger partial charge in [-0.1, -0.05) is 0 Å². The van der Waals surface area contributed by atoms with Crippen LogP contribution in [-0.4, -0.2) is 29.8 Å². The van der Waals surface area contributed by atoms with E-state index in [0.717, 1.165) is 24.3 Å². The number of carbonyl (C=O) groups excluding carboxylic acids is 2. The highest BCUT2D eigenvalue weighted by Gasteiger charge is 2.36. The molecule has 3 rings (SSSR count). The van der Waals surface area contributed by atoms with Gasteiger partial charge in [-0.25, -0.2) is 22.0 Å². The van der Waals surface area contributed by atoms with E-state index in [1.54, 1.807) is 0 Å². The van der Waals surface area contributed by atoms with E-state index in [2.05, 4.69) is 5.32 Å². The number of anilines is 1. The van der Waals surface area contributed by atoms with Crippen LogP contribution < -0.4 is 5.32 Å². The highest BCUT2D eigenvalue weighted by molar-refractivity contribution is 5.98. The van der Waals surface area contributed by atoms with Crippen molar-refractivity contribution in [3.8, 4) is 0 Å². The highest BCUT2D eigenvalue weighted by Crippen LogP contribution is 2.24. The Morgan fingerprint density at radius 1 is 0.885 bits per heavy atom. The average molecular weight is 370 g/mol. The summed E-state index contributed by atoms with van der Waals surface area (Å²) in [4.78, 5) is 25.3. The lowest BCUT2D eigenvalue weighted by Gasteiger charge is -2.38. The smallest absolute Gasteiger partial charge is 0.254 e. The predicted molar refractivity (Wildman–Crippen MR) is 80.7 cm³/mol. The first-order chi connectivity index (χ1) is 12.3. The minimum absolute atomic E-state index is 0.0328. The van der Waals surface area contributed by atoms with Gasteiger partial charge in [0.05, 0.1) is 11.6 Å². The predicted octanol–water partition coefficient (Wildman–Crippen LogP) is 3.09. The van der Waals surface area contributed by atoms with E-state index >= 15 is 0 Å². The Morgan fingerprint density at radius 2 is 1.54 bits per heavy atom. The average Bonchev–Trinajstić information content (AvgIpc) is 2.56.